The Morgan fingerprint density at radius 2 is 1.68 bits per heavy atom. The van der Waals surface area contributed by atoms with Crippen molar-refractivity contribution in [3.05, 3.63) is 70.2 Å². The van der Waals surface area contributed by atoms with Crippen LogP contribution in [0.2, 0.25) is 5.02 Å². The van der Waals surface area contributed by atoms with Crippen molar-refractivity contribution in [1.82, 2.24) is 5.32 Å². The molecule has 0 aliphatic heterocycles. The molecule has 130 valence electrons. The maximum atomic E-state index is 11.8. The van der Waals surface area contributed by atoms with Crippen molar-refractivity contribution in [2.75, 3.05) is 13.7 Å². The first kappa shape index (κ1) is 18.5. The molecular formula is C18H16ClNO5. The summed E-state index contributed by atoms with van der Waals surface area (Å²) in [6.07, 6.45) is 0. The van der Waals surface area contributed by atoms with Gasteiger partial charge >= 0.3 is 11.9 Å². The third-order valence-corrected chi connectivity index (χ3v) is 3.62. The Bertz CT molecular complexity index is 773. The smallest absolute Gasteiger partial charge is 0.340 e. The molecule has 0 atom stereocenters. The van der Waals surface area contributed by atoms with E-state index >= 15 is 0 Å². The van der Waals surface area contributed by atoms with Gasteiger partial charge in [0.15, 0.2) is 6.61 Å². The van der Waals surface area contributed by atoms with Crippen molar-refractivity contribution >= 4 is 29.4 Å². The second kappa shape index (κ2) is 8.84. The summed E-state index contributed by atoms with van der Waals surface area (Å²) in [5.74, 6) is -1.54. The molecule has 0 spiro atoms. The summed E-state index contributed by atoms with van der Waals surface area (Å²) in [6.45, 7) is -0.172. The van der Waals surface area contributed by atoms with Gasteiger partial charge < -0.3 is 14.8 Å². The van der Waals surface area contributed by atoms with Crippen LogP contribution in [0.15, 0.2) is 48.5 Å². The molecular weight excluding hydrogens is 346 g/mol. The van der Waals surface area contributed by atoms with E-state index < -0.39 is 24.5 Å². The summed E-state index contributed by atoms with van der Waals surface area (Å²) in [4.78, 5) is 34.9. The van der Waals surface area contributed by atoms with Gasteiger partial charge in [-0.25, -0.2) is 9.59 Å². The molecule has 0 aliphatic carbocycles. The number of amides is 1. The maximum absolute atomic E-state index is 11.8. The zero-order valence-corrected chi connectivity index (χ0v) is 14.2. The van der Waals surface area contributed by atoms with Gasteiger partial charge in [0.1, 0.15) is 0 Å². The second-order valence-corrected chi connectivity index (χ2v) is 5.43. The Balaban J connectivity index is 1.80. The Labute approximate surface area is 149 Å². The summed E-state index contributed by atoms with van der Waals surface area (Å²) < 4.78 is 9.53. The largest absolute Gasteiger partial charge is 0.465 e. The minimum Gasteiger partial charge on any atom is -0.465 e. The van der Waals surface area contributed by atoms with Gasteiger partial charge in [0.05, 0.1) is 23.3 Å². The third-order valence-electron chi connectivity index (χ3n) is 3.29. The monoisotopic (exact) mass is 361 g/mol. The van der Waals surface area contributed by atoms with Gasteiger partial charge in [-0.2, -0.15) is 0 Å². The minimum atomic E-state index is -0.664. The van der Waals surface area contributed by atoms with Crippen molar-refractivity contribution < 1.29 is 23.9 Å². The number of hydrogen-bond donors (Lipinski definition) is 1. The van der Waals surface area contributed by atoms with Crippen LogP contribution >= 0.6 is 11.6 Å². The molecule has 2 aromatic rings. The Hall–Kier alpha value is -2.86. The number of carbonyl (C=O) groups is 3. The molecule has 0 bridgehead atoms. The van der Waals surface area contributed by atoms with Gasteiger partial charge in [-0.1, -0.05) is 35.9 Å². The molecule has 7 heteroatoms. The van der Waals surface area contributed by atoms with Gasteiger partial charge in [-0.15, -0.1) is 0 Å². The van der Waals surface area contributed by atoms with Crippen molar-refractivity contribution in [2.45, 2.75) is 6.54 Å². The molecule has 0 radical (unpaired) electrons. The van der Waals surface area contributed by atoms with Crippen LogP contribution in [0.3, 0.4) is 0 Å². The predicted octanol–water partition coefficient (Wildman–Crippen LogP) is 2.60. The highest BCUT2D eigenvalue weighted by Gasteiger charge is 2.13. The van der Waals surface area contributed by atoms with Crippen LogP contribution in [0.1, 0.15) is 26.3 Å². The first-order valence-corrected chi connectivity index (χ1v) is 7.74. The predicted molar refractivity (Wildman–Crippen MR) is 91.4 cm³/mol. The lowest BCUT2D eigenvalue weighted by Gasteiger charge is -2.08. The van der Waals surface area contributed by atoms with Crippen molar-refractivity contribution in [2.24, 2.45) is 0 Å². The second-order valence-electron chi connectivity index (χ2n) is 5.02. The summed E-state index contributed by atoms with van der Waals surface area (Å²) in [6, 6.07) is 13.0. The van der Waals surface area contributed by atoms with E-state index in [2.05, 4.69) is 10.1 Å². The fourth-order valence-electron chi connectivity index (χ4n) is 1.96. The average molecular weight is 362 g/mol. The standard InChI is InChI=1S/C18H16ClNO5/c1-24-17(22)13-8-6-12(7-9-13)10-20-16(21)11-25-18(23)14-4-2-3-5-15(14)19/h2-9H,10-11H2,1H3,(H,20,21). The normalized spacial score (nSPS) is 10.0. The molecule has 0 heterocycles. The highest BCUT2D eigenvalue weighted by atomic mass is 35.5. The van der Waals surface area contributed by atoms with Crippen molar-refractivity contribution in [3.8, 4) is 0 Å². The Morgan fingerprint density at radius 1 is 1.00 bits per heavy atom. The molecule has 0 saturated heterocycles. The zero-order valence-electron chi connectivity index (χ0n) is 13.5. The molecule has 2 rings (SSSR count). The fourth-order valence-corrected chi connectivity index (χ4v) is 2.18. The van der Waals surface area contributed by atoms with E-state index in [9.17, 15) is 14.4 Å². The lowest BCUT2D eigenvalue weighted by Crippen LogP contribution is -2.28. The van der Waals surface area contributed by atoms with Crippen LogP contribution in [0.5, 0.6) is 0 Å². The van der Waals surface area contributed by atoms with Crippen LogP contribution < -0.4 is 5.32 Å². The van der Waals surface area contributed by atoms with Crippen LogP contribution in [0.4, 0.5) is 0 Å². The maximum Gasteiger partial charge on any atom is 0.340 e. The van der Waals surface area contributed by atoms with Crippen LogP contribution in [0, 0.1) is 0 Å². The third kappa shape index (κ3) is 5.32. The molecule has 0 saturated carbocycles. The Morgan fingerprint density at radius 3 is 2.32 bits per heavy atom. The number of ether oxygens (including phenoxy) is 2. The van der Waals surface area contributed by atoms with E-state index in [4.69, 9.17) is 16.3 Å². The molecule has 6 nitrogen and oxygen atoms in total. The molecule has 0 fully saturated rings. The van der Waals surface area contributed by atoms with Crippen molar-refractivity contribution in [3.63, 3.8) is 0 Å². The number of methoxy groups -OCH3 is 1. The summed E-state index contributed by atoms with van der Waals surface area (Å²) in [7, 11) is 1.31. The minimum absolute atomic E-state index is 0.204. The number of hydrogen-bond acceptors (Lipinski definition) is 5. The summed E-state index contributed by atoms with van der Waals surface area (Å²) in [5, 5.41) is 2.88. The van der Waals surface area contributed by atoms with E-state index in [1.54, 1.807) is 42.5 Å². The molecule has 0 unspecified atom stereocenters. The molecule has 0 aliphatic rings. The van der Waals surface area contributed by atoms with Gasteiger partial charge in [-0.3, -0.25) is 4.79 Å². The molecule has 25 heavy (non-hydrogen) atoms. The molecule has 1 amide bonds. The number of esters is 2. The molecule has 1 N–H and O–H groups in total. The van der Waals surface area contributed by atoms with Crippen LogP contribution in [-0.4, -0.2) is 31.6 Å². The first-order chi connectivity index (χ1) is 12.0. The van der Waals surface area contributed by atoms with Gasteiger partial charge in [0.2, 0.25) is 0 Å². The quantitative estimate of drug-likeness (QED) is 0.800. The van der Waals surface area contributed by atoms with Crippen LogP contribution in [0.25, 0.3) is 0 Å². The highest BCUT2D eigenvalue weighted by molar-refractivity contribution is 6.33. The number of carbonyl (C=O) groups excluding carboxylic acids is 3. The molecule has 0 aromatic heterocycles. The zero-order chi connectivity index (χ0) is 18.2. The van der Waals surface area contributed by atoms with E-state index in [1.165, 1.54) is 13.2 Å². The first-order valence-electron chi connectivity index (χ1n) is 7.37. The Kier molecular flexibility index (Phi) is 6.54. The number of benzene rings is 2. The molecule has 2 aromatic carbocycles. The van der Waals surface area contributed by atoms with Gasteiger partial charge in [0.25, 0.3) is 5.91 Å². The fraction of sp³-hybridized carbons (Fsp3) is 0.167. The van der Waals surface area contributed by atoms with Crippen LogP contribution in [-0.2, 0) is 20.8 Å². The lowest BCUT2D eigenvalue weighted by molar-refractivity contribution is -0.124. The SMILES string of the molecule is COC(=O)c1ccc(CNC(=O)COC(=O)c2ccccc2Cl)cc1. The van der Waals surface area contributed by atoms with E-state index in [1.807, 2.05) is 0 Å². The topological polar surface area (TPSA) is 81.7 Å². The van der Waals surface area contributed by atoms with Crippen molar-refractivity contribution in [1.29, 1.82) is 0 Å². The number of halogens is 1. The number of rotatable bonds is 6. The average Bonchev–Trinajstić information content (AvgIpc) is 2.64. The highest BCUT2D eigenvalue weighted by Crippen LogP contribution is 2.15. The van der Waals surface area contributed by atoms with Gasteiger partial charge in [-0.05, 0) is 29.8 Å². The van der Waals surface area contributed by atoms with E-state index in [0.717, 1.165) is 5.56 Å². The van der Waals surface area contributed by atoms with E-state index in [-0.39, 0.29) is 17.1 Å². The van der Waals surface area contributed by atoms with Gasteiger partial charge in [0, 0.05) is 6.54 Å². The number of nitrogens with one attached hydrogen (secondary N) is 1. The lowest BCUT2D eigenvalue weighted by atomic mass is 10.1. The van der Waals surface area contributed by atoms with E-state index in [0.29, 0.717) is 5.56 Å². The summed E-state index contributed by atoms with van der Waals surface area (Å²) in [5.41, 5.74) is 1.42. The summed E-state index contributed by atoms with van der Waals surface area (Å²) >= 11 is 5.89.